The van der Waals surface area contributed by atoms with E-state index in [1.807, 2.05) is 48.6 Å². The molecular formula is C37H55N7O3. The molecule has 0 spiro atoms. The second kappa shape index (κ2) is 22.8. The smallest absolute Gasteiger partial charge is 0.222 e. The van der Waals surface area contributed by atoms with Crippen LogP contribution in [0.2, 0.25) is 0 Å². The van der Waals surface area contributed by atoms with E-state index in [0.29, 0.717) is 55.3 Å². The Bertz CT molecular complexity index is 1370. The van der Waals surface area contributed by atoms with Crippen molar-refractivity contribution in [3.63, 3.8) is 0 Å². The molecule has 1 aliphatic rings. The van der Waals surface area contributed by atoms with Crippen LogP contribution < -0.4 is 11.1 Å². The van der Waals surface area contributed by atoms with E-state index in [4.69, 9.17) is 16.2 Å². The van der Waals surface area contributed by atoms with Crippen molar-refractivity contribution < 1.29 is 14.4 Å². The summed E-state index contributed by atoms with van der Waals surface area (Å²) in [6.07, 6.45) is 15.0. The maximum atomic E-state index is 12.4. The van der Waals surface area contributed by atoms with Crippen LogP contribution in [0.5, 0.6) is 0 Å². The normalized spacial score (nSPS) is 14.3. The number of piperidine rings is 1. The number of amides is 2. The number of ketones is 1. The molecule has 1 atom stereocenters. The highest BCUT2D eigenvalue weighted by Crippen LogP contribution is 2.31. The van der Waals surface area contributed by atoms with Gasteiger partial charge in [0, 0.05) is 55.8 Å². The van der Waals surface area contributed by atoms with Gasteiger partial charge in [-0.1, -0.05) is 65.5 Å². The first-order valence-corrected chi connectivity index (χ1v) is 16.7. The number of aromatic nitrogens is 3. The summed E-state index contributed by atoms with van der Waals surface area (Å²) in [6.45, 7) is 17.7. The third-order valence-electron chi connectivity index (χ3n) is 7.86. The highest BCUT2D eigenvalue weighted by Gasteiger charge is 2.27. The van der Waals surface area contributed by atoms with Crippen molar-refractivity contribution in [1.29, 1.82) is 5.41 Å². The van der Waals surface area contributed by atoms with Crippen LogP contribution in [0.3, 0.4) is 0 Å². The van der Waals surface area contributed by atoms with Gasteiger partial charge in [0.25, 0.3) is 0 Å². The molecular weight excluding hydrogens is 590 g/mol. The van der Waals surface area contributed by atoms with E-state index in [9.17, 15) is 14.4 Å². The average molecular weight is 646 g/mol. The predicted octanol–water partition coefficient (Wildman–Crippen LogP) is 6.56. The zero-order valence-electron chi connectivity index (χ0n) is 29.2. The van der Waals surface area contributed by atoms with Crippen molar-refractivity contribution >= 4 is 24.3 Å². The van der Waals surface area contributed by atoms with Crippen LogP contribution >= 0.6 is 0 Å². The molecule has 2 amide bonds. The number of hydrogen-bond acceptors (Lipinski definition) is 7. The molecule has 0 saturated carbocycles. The van der Waals surface area contributed by atoms with Gasteiger partial charge in [-0.05, 0) is 80.4 Å². The number of likely N-dealkylation sites (tertiary alicyclic amines) is 1. The van der Waals surface area contributed by atoms with E-state index >= 15 is 0 Å². The summed E-state index contributed by atoms with van der Waals surface area (Å²) < 4.78 is 1.99. The van der Waals surface area contributed by atoms with Crippen molar-refractivity contribution in [2.75, 3.05) is 19.6 Å². The van der Waals surface area contributed by atoms with Crippen molar-refractivity contribution in [3.05, 3.63) is 89.6 Å². The molecule has 0 bridgehead atoms. The van der Waals surface area contributed by atoms with Gasteiger partial charge in [-0.2, -0.15) is 5.10 Å². The van der Waals surface area contributed by atoms with E-state index < -0.39 is 0 Å². The minimum atomic E-state index is 0.0702. The largest absolute Gasteiger partial charge is 0.398 e. The standard InChI is InChI=1S/C22H31N5O2.C13H18N2O.C2H6/c1-3-17(2)20-15-19(25-27(20)21-7-4-5-12-24-21)18-9-13-26(14-10-18)22(29)8-6-11-23-16-28;1-4-12(11(3)16)7-5-6-10(2)13(15)8-9-14;1-2/h4-5,7,12,15-18H,3,6,8-11,13-14H2,1-2H3,(H,23,28);5-9,14H,2,4,15H2,1,3H3;1-2H3/b;6-5-,12-7+,13-8-,14-9?;. The van der Waals surface area contributed by atoms with Crippen LogP contribution in [0, 0.1) is 5.41 Å². The van der Waals surface area contributed by atoms with Crippen LogP contribution in [0.15, 0.2) is 78.2 Å². The molecule has 0 aromatic carbocycles. The molecule has 2 aromatic heterocycles. The summed E-state index contributed by atoms with van der Waals surface area (Å²) in [4.78, 5) is 40.2. The maximum Gasteiger partial charge on any atom is 0.222 e. The molecule has 2 aromatic rings. The summed E-state index contributed by atoms with van der Waals surface area (Å²) in [5, 5.41) is 14.4. The molecule has 3 rings (SSSR count). The topological polar surface area (TPSA) is 147 Å². The Hall–Kier alpha value is -4.60. The van der Waals surface area contributed by atoms with Gasteiger partial charge in [-0.3, -0.25) is 14.4 Å². The number of nitrogens with one attached hydrogen (secondary N) is 2. The number of allylic oxidation sites excluding steroid dienone is 5. The molecule has 1 saturated heterocycles. The minimum absolute atomic E-state index is 0.0702. The number of carbonyl (C=O) groups excluding carboxylic acids is 3. The third kappa shape index (κ3) is 13.7. The Balaban J connectivity index is 0.000000524. The second-order valence-electron chi connectivity index (χ2n) is 11.0. The van der Waals surface area contributed by atoms with E-state index in [1.165, 1.54) is 11.8 Å². The van der Waals surface area contributed by atoms with Gasteiger partial charge >= 0.3 is 0 Å². The first-order valence-electron chi connectivity index (χ1n) is 16.7. The Morgan fingerprint density at radius 2 is 1.89 bits per heavy atom. The van der Waals surface area contributed by atoms with Gasteiger partial charge in [-0.25, -0.2) is 9.67 Å². The first-order chi connectivity index (χ1) is 22.7. The lowest BCUT2D eigenvalue weighted by Gasteiger charge is -2.31. The van der Waals surface area contributed by atoms with Gasteiger partial charge in [0.2, 0.25) is 12.3 Å². The molecule has 3 heterocycles. The van der Waals surface area contributed by atoms with Crippen molar-refractivity contribution in [1.82, 2.24) is 25.0 Å². The first kappa shape index (κ1) is 40.4. The van der Waals surface area contributed by atoms with Gasteiger partial charge < -0.3 is 21.4 Å². The highest BCUT2D eigenvalue weighted by atomic mass is 16.2. The molecule has 4 N–H and O–H groups in total. The molecule has 1 aliphatic heterocycles. The molecule has 256 valence electrons. The van der Waals surface area contributed by atoms with Gasteiger partial charge in [0.1, 0.15) is 0 Å². The highest BCUT2D eigenvalue weighted by molar-refractivity contribution is 5.93. The zero-order valence-corrected chi connectivity index (χ0v) is 29.2. The molecule has 47 heavy (non-hydrogen) atoms. The molecule has 0 radical (unpaired) electrons. The summed E-state index contributed by atoms with van der Waals surface area (Å²) >= 11 is 0. The minimum Gasteiger partial charge on any atom is -0.398 e. The Morgan fingerprint density at radius 1 is 1.19 bits per heavy atom. The number of nitrogens with two attached hydrogens (primary N) is 1. The fourth-order valence-electron chi connectivity index (χ4n) is 4.88. The Kier molecular flexibility index (Phi) is 19.6. The third-order valence-corrected chi connectivity index (χ3v) is 7.86. The number of carbonyl (C=O) groups is 3. The molecule has 1 unspecified atom stereocenters. The SMILES string of the molecule is C=C(/C=C\C=C(/CC)C(C)=O)/C(N)=C/C=N.CC.CCC(C)c1cc(C2CCN(C(=O)CCCNC=O)CC2)nn1-c1ccccn1. The Labute approximate surface area is 281 Å². The average Bonchev–Trinajstić information content (AvgIpc) is 3.55. The van der Waals surface area contributed by atoms with Crippen molar-refractivity contribution in [2.45, 2.75) is 91.9 Å². The molecule has 10 nitrogen and oxygen atoms in total. The fraction of sp³-hybridized carbons (Fsp3) is 0.459. The van der Waals surface area contributed by atoms with Gasteiger partial charge in [0.15, 0.2) is 11.6 Å². The zero-order chi connectivity index (χ0) is 35.2. The van der Waals surface area contributed by atoms with Gasteiger partial charge in [0.05, 0.1) is 5.69 Å². The van der Waals surface area contributed by atoms with E-state index in [-0.39, 0.29) is 11.7 Å². The van der Waals surface area contributed by atoms with Crippen LogP contribution in [0.4, 0.5) is 0 Å². The number of rotatable bonds is 15. The van der Waals surface area contributed by atoms with Crippen molar-refractivity contribution in [2.24, 2.45) is 5.73 Å². The molecule has 10 heteroatoms. The lowest BCUT2D eigenvalue weighted by Crippen LogP contribution is -2.38. The van der Waals surface area contributed by atoms with Crippen LogP contribution in [0.1, 0.15) is 103 Å². The summed E-state index contributed by atoms with van der Waals surface area (Å²) in [5.41, 5.74) is 9.74. The summed E-state index contributed by atoms with van der Waals surface area (Å²) in [7, 11) is 0. The monoisotopic (exact) mass is 645 g/mol. The number of hydrogen-bond donors (Lipinski definition) is 3. The molecule has 1 fully saturated rings. The van der Waals surface area contributed by atoms with E-state index in [0.717, 1.165) is 55.7 Å². The predicted molar refractivity (Wildman–Crippen MR) is 192 cm³/mol. The number of Topliss-reactive ketones (excluding diaryl/α,β-unsaturated/α-hetero) is 1. The summed E-state index contributed by atoms with van der Waals surface area (Å²) in [5.74, 6) is 1.87. The number of nitrogens with zero attached hydrogens (tertiary/aromatic N) is 4. The van der Waals surface area contributed by atoms with Crippen LogP contribution in [-0.4, -0.2) is 63.6 Å². The maximum absolute atomic E-state index is 12.4. The fourth-order valence-corrected chi connectivity index (χ4v) is 4.88. The quantitative estimate of drug-likeness (QED) is 0.0658. The van der Waals surface area contributed by atoms with Crippen LogP contribution in [0.25, 0.3) is 5.82 Å². The van der Waals surface area contributed by atoms with E-state index in [1.54, 1.807) is 31.3 Å². The molecule has 0 aliphatic carbocycles. The Morgan fingerprint density at radius 3 is 2.45 bits per heavy atom. The number of pyridine rings is 1. The summed E-state index contributed by atoms with van der Waals surface area (Å²) in [6, 6.07) is 8.12. The second-order valence-corrected chi connectivity index (χ2v) is 11.0. The van der Waals surface area contributed by atoms with Crippen LogP contribution in [-0.2, 0) is 14.4 Å². The lowest BCUT2D eigenvalue weighted by atomic mass is 9.92. The lowest BCUT2D eigenvalue weighted by molar-refractivity contribution is -0.132. The van der Waals surface area contributed by atoms with E-state index in [2.05, 4.69) is 36.8 Å². The van der Waals surface area contributed by atoms with Crippen molar-refractivity contribution in [3.8, 4) is 5.82 Å². The van der Waals surface area contributed by atoms with Gasteiger partial charge in [-0.15, -0.1) is 0 Å².